The van der Waals surface area contributed by atoms with Crippen LogP contribution >= 0.6 is 0 Å². The van der Waals surface area contributed by atoms with Crippen molar-refractivity contribution in [3.05, 3.63) is 112 Å². The predicted octanol–water partition coefficient (Wildman–Crippen LogP) is 6.77. The predicted molar refractivity (Wildman–Crippen MR) is 145 cm³/mol. The van der Waals surface area contributed by atoms with Gasteiger partial charge in [0.25, 0.3) is 5.56 Å². The van der Waals surface area contributed by atoms with Crippen LogP contribution in [-0.2, 0) is 6.18 Å². The monoisotopic (exact) mass is 545 g/mol. The van der Waals surface area contributed by atoms with Crippen LogP contribution in [-0.4, -0.2) is 30.1 Å². The number of ether oxygens (including phenoxy) is 3. The summed E-state index contributed by atoms with van der Waals surface area (Å²) in [5.41, 5.74) is 0.416. The van der Waals surface area contributed by atoms with Gasteiger partial charge in [-0.2, -0.15) is 22.9 Å². The topological polar surface area (TPSA) is 74.9 Å². The lowest BCUT2D eigenvalue weighted by molar-refractivity contribution is -0.137. The van der Waals surface area contributed by atoms with Crippen molar-refractivity contribution in [2.24, 2.45) is 5.10 Å². The fraction of sp³-hybridized carbons (Fsp3) is 0.100. The lowest BCUT2D eigenvalue weighted by atomic mass is 10.1. The van der Waals surface area contributed by atoms with Crippen LogP contribution in [0.2, 0.25) is 0 Å². The minimum atomic E-state index is -4.49. The van der Waals surface area contributed by atoms with Crippen molar-refractivity contribution < 1.29 is 27.4 Å². The van der Waals surface area contributed by atoms with E-state index >= 15 is 0 Å². The Labute approximate surface area is 226 Å². The number of benzene rings is 4. The molecule has 7 nitrogen and oxygen atoms in total. The van der Waals surface area contributed by atoms with Crippen LogP contribution in [0.4, 0.5) is 13.2 Å². The van der Waals surface area contributed by atoms with Gasteiger partial charge in [-0.1, -0.05) is 30.3 Å². The summed E-state index contributed by atoms with van der Waals surface area (Å²) >= 11 is 0. The van der Waals surface area contributed by atoms with Crippen molar-refractivity contribution in [1.82, 2.24) is 9.66 Å². The molecule has 0 amide bonds. The second kappa shape index (κ2) is 10.9. The van der Waals surface area contributed by atoms with Gasteiger partial charge >= 0.3 is 6.18 Å². The lowest BCUT2D eigenvalue weighted by Gasteiger charge is -2.12. The van der Waals surface area contributed by atoms with E-state index < -0.39 is 11.7 Å². The van der Waals surface area contributed by atoms with Gasteiger partial charge in [-0.3, -0.25) is 4.79 Å². The van der Waals surface area contributed by atoms with E-state index in [-0.39, 0.29) is 17.1 Å². The minimum Gasteiger partial charge on any atom is -0.493 e. The molecule has 0 aliphatic rings. The van der Waals surface area contributed by atoms with E-state index in [9.17, 15) is 18.0 Å². The molecule has 0 saturated carbocycles. The zero-order valence-electron chi connectivity index (χ0n) is 21.3. The first-order valence-corrected chi connectivity index (χ1v) is 12.0. The van der Waals surface area contributed by atoms with E-state index in [1.54, 1.807) is 66.7 Å². The van der Waals surface area contributed by atoms with Crippen molar-refractivity contribution in [1.29, 1.82) is 0 Å². The second-order valence-electron chi connectivity index (χ2n) is 8.58. The van der Waals surface area contributed by atoms with Crippen LogP contribution in [0.15, 0.2) is 101 Å². The van der Waals surface area contributed by atoms with Gasteiger partial charge in [0.05, 0.1) is 36.9 Å². The van der Waals surface area contributed by atoms with E-state index in [0.717, 1.165) is 12.1 Å². The highest BCUT2D eigenvalue weighted by atomic mass is 19.4. The summed E-state index contributed by atoms with van der Waals surface area (Å²) in [5, 5.41) is 4.82. The molecule has 0 N–H and O–H groups in total. The molecule has 0 aliphatic carbocycles. The Balaban J connectivity index is 1.54. The summed E-state index contributed by atoms with van der Waals surface area (Å²) in [7, 11) is 3.03. The normalized spacial score (nSPS) is 11.6. The Morgan fingerprint density at radius 2 is 1.55 bits per heavy atom. The number of hydrogen-bond donors (Lipinski definition) is 0. The summed E-state index contributed by atoms with van der Waals surface area (Å²) in [6.07, 6.45) is -3.04. The van der Waals surface area contributed by atoms with Gasteiger partial charge in [0, 0.05) is 5.56 Å². The van der Waals surface area contributed by atoms with Gasteiger partial charge in [-0.05, 0) is 66.2 Å². The van der Waals surface area contributed by atoms with Crippen LogP contribution in [0.3, 0.4) is 0 Å². The fourth-order valence-corrected chi connectivity index (χ4v) is 4.05. The molecule has 0 aliphatic heterocycles. The van der Waals surface area contributed by atoms with Crippen LogP contribution < -0.4 is 19.8 Å². The van der Waals surface area contributed by atoms with E-state index in [4.69, 9.17) is 14.2 Å². The van der Waals surface area contributed by atoms with Crippen LogP contribution in [0.25, 0.3) is 22.3 Å². The number of nitrogens with zero attached hydrogens (tertiary/aromatic N) is 3. The number of methoxy groups -OCH3 is 2. The molecule has 0 unspecified atom stereocenters. The summed E-state index contributed by atoms with van der Waals surface area (Å²) < 4.78 is 56.8. The smallest absolute Gasteiger partial charge is 0.416 e. The molecule has 0 fully saturated rings. The molecule has 0 spiro atoms. The average Bonchev–Trinajstić information content (AvgIpc) is 2.96. The van der Waals surface area contributed by atoms with Crippen LogP contribution in [0.1, 0.15) is 11.1 Å². The number of rotatable bonds is 7. The Kier molecular flexibility index (Phi) is 7.24. The molecule has 5 aromatic rings. The average molecular weight is 546 g/mol. The molecule has 5 rings (SSSR count). The van der Waals surface area contributed by atoms with Crippen LogP contribution in [0.5, 0.6) is 23.0 Å². The molecule has 4 aromatic carbocycles. The molecule has 1 aromatic heterocycles. The molecule has 0 bridgehead atoms. The largest absolute Gasteiger partial charge is 0.493 e. The third-order valence-corrected chi connectivity index (χ3v) is 5.97. The fourth-order valence-electron chi connectivity index (χ4n) is 4.05. The van der Waals surface area contributed by atoms with Gasteiger partial charge < -0.3 is 14.2 Å². The third-order valence-electron chi connectivity index (χ3n) is 5.97. The molecule has 0 saturated heterocycles. The maximum atomic E-state index is 13.5. The molecular formula is C30H22F3N3O4. The Morgan fingerprint density at radius 1 is 0.825 bits per heavy atom. The highest BCUT2D eigenvalue weighted by molar-refractivity contribution is 5.82. The number of alkyl halides is 3. The molecule has 0 atom stereocenters. The second-order valence-corrected chi connectivity index (χ2v) is 8.58. The molecule has 202 valence electrons. The molecule has 0 radical (unpaired) electrons. The number of para-hydroxylation sites is 1. The summed E-state index contributed by atoms with van der Waals surface area (Å²) in [6.45, 7) is 0. The summed E-state index contributed by atoms with van der Waals surface area (Å²) in [6, 6.07) is 23.3. The molecular weight excluding hydrogens is 523 g/mol. The first-order valence-electron chi connectivity index (χ1n) is 12.0. The zero-order chi connectivity index (χ0) is 28.3. The van der Waals surface area contributed by atoms with E-state index in [2.05, 4.69) is 10.1 Å². The Bertz CT molecular complexity index is 1780. The number of aromatic nitrogens is 2. The summed E-state index contributed by atoms with van der Waals surface area (Å²) in [4.78, 5) is 18.2. The molecule has 1 heterocycles. The van der Waals surface area contributed by atoms with E-state index in [1.165, 1.54) is 37.2 Å². The van der Waals surface area contributed by atoms with Crippen molar-refractivity contribution in [2.45, 2.75) is 6.18 Å². The minimum absolute atomic E-state index is 0.0367. The van der Waals surface area contributed by atoms with Crippen molar-refractivity contribution in [2.75, 3.05) is 14.2 Å². The lowest BCUT2D eigenvalue weighted by Crippen LogP contribution is -2.20. The zero-order valence-corrected chi connectivity index (χ0v) is 21.3. The first kappa shape index (κ1) is 26.5. The quantitative estimate of drug-likeness (QED) is 0.211. The standard InChI is InChI=1S/C30H22F3N3O4/c1-38-26-14-13-20(16-27(26)39-2)28-35-25-12-4-3-11-24(25)29(37)36(28)34-18-19-7-5-9-22(15-19)40-23-10-6-8-21(17-23)30(31,32)33/h3-18H,1-2H3. The summed E-state index contributed by atoms with van der Waals surface area (Å²) in [5.74, 6) is 1.58. The SMILES string of the molecule is COc1ccc(-c2nc3ccccc3c(=O)n2N=Cc2cccc(Oc3cccc(C(F)(F)F)c3)c2)cc1OC. The number of hydrogen-bond acceptors (Lipinski definition) is 6. The van der Waals surface area contributed by atoms with Gasteiger partial charge in [0.15, 0.2) is 17.3 Å². The van der Waals surface area contributed by atoms with Crippen molar-refractivity contribution in [3.63, 3.8) is 0 Å². The Hall–Kier alpha value is -5.12. The maximum absolute atomic E-state index is 13.5. The van der Waals surface area contributed by atoms with Gasteiger partial charge in [-0.15, -0.1) is 0 Å². The van der Waals surface area contributed by atoms with E-state index in [0.29, 0.717) is 39.3 Å². The van der Waals surface area contributed by atoms with Gasteiger partial charge in [0.1, 0.15) is 11.5 Å². The molecule has 10 heteroatoms. The first-order chi connectivity index (χ1) is 19.3. The highest BCUT2D eigenvalue weighted by Crippen LogP contribution is 2.33. The van der Waals surface area contributed by atoms with Crippen LogP contribution in [0, 0.1) is 0 Å². The van der Waals surface area contributed by atoms with E-state index in [1.807, 2.05) is 0 Å². The Morgan fingerprint density at radius 3 is 2.30 bits per heavy atom. The van der Waals surface area contributed by atoms with Gasteiger partial charge in [-0.25, -0.2) is 4.98 Å². The highest BCUT2D eigenvalue weighted by Gasteiger charge is 2.30. The third kappa shape index (κ3) is 5.51. The maximum Gasteiger partial charge on any atom is 0.416 e. The van der Waals surface area contributed by atoms with Crippen molar-refractivity contribution in [3.8, 4) is 34.4 Å². The van der Waals surface area contributed by atoms with Gasteiger partial charge in [0.2, 0.25) is 0 Å². The number of fused-ring (bicyclic) bond motifs is 1. The molecule has 40 heavy (non-hydrogen) atoms. The number of halogens is 3. The van der Waals surface area contributed by atoms with Crippen molar-refractivity contribution >= 4 is 17.1 Å².